The van der Waals surface area contributed by atoms with Crippen LogP contribution in [0.25, 0.3) is 0 Å². The maximum atomic E-state index is 13.6. The van der Waals surface area contributed by atoms with Gasteiger partial charge in [0, 0.05) is 15.6 Å². The maximum Gasteiger partial charge on any atom is 0.129 e. The van der Waals surface area contributed by atoms with Gasteiger partial charge in [-0.05, 0) is 47.6 Å². The van der Waals surface area contributed by atoms with E-state index in [1.54, 1.807) is 0 Å². The lowest BCUT2D eigenvalue weighted by atomic mass is 9.88. The van der Waals surface area contributed by atoms with Crippen molar-refractivity contribution in [1.29, 1.82) is 0 Å². The van der Waals surface area contributed by atoms with Crippen LogP contribution in [0.4, 0.5) is 8.78 Å². The Kier molecular flexibility index (Phi) is 3.42. The van der Waals surface area contributed by atoms with Crippen LogP contribution in [0.5, 0.6) is 0 Å². The van der Waals surface area contributed by atoms with Gasteiger partial charge < -0.3 is 0 Å². The van der Waals surface area contributed by atoms with Gasteiger partial charge in [0.15, 0.2) is 0 Å². The molecule has 0 aromatic heterocycles. The molecule has 0 saturated carbocycles. The van der Waals surface area contributed by atoms with Gasteiger partial charge in [0.25, 0.3) is 0 Å². The first kappa shape index (κ1) is 11.8. The van der Waals surface area contributed by atoms with Gasteiger partial charge in [-0.3, -0.25) is 0 Å². The Morgan fingerprint density at radius 3 is 2.69 bits per heavy atom. The summed E-state index contributed by atoms with van der Waals surface area (Å²) >= 11 is 2.27. The maximum absolute atomic E-state index is 13.6. The van der Waals surface area contributed by atoms with E-state index < -0.39 is 11.6 Å². The van der Waals surface area contributed by atoms with Crippen molar-refractivity contribution in [3.05, 3.63) is 56.7 Å². The van der Waals surface area contributed by atoms with Crippen molar-refractivity contribution in [3.63, 3.8) is 0 Å². The molecular formula is C13H11F2I. The lowest BCUT2D eigenvalue weighted by Crippen LogP contribution is -2.03. The summed E-state index contributed by atoms with van der Waals surface area (Å²) in [7, 11) is 0. The van der Waals surface area contributed by atoms with E-state index >= 15 is 0 Å². The van der Waals surface area contributed by atoms with Crippen LogP contribution in [0.3, 0.4) is 0 Å². The monoisotopic (exact) mass is 332 g/mol. The molecule has 2 rings (SSSR count). The minimum absolute atomic E-state index is 0.0270. The SMILES string of the molecule is CC1=C(I)C=CC(c2ccc(F)cc2F)C1. The Bertz CT molecular complexity index is 475. The van der Waals surface area contributed by atoms with Crippen molar-refractivity contribution in [2.24, 2.45) is 0 Å². The van der Waals surface area contributed by atoms with Gasteiger partial charge in [-0.1, -0.05) is 23.8 Å². The number of hydrogen-bond donors (Lipinski definition) is 0. The normalized spacial score (nSPS) is 20.4. The number of rotatable bonds is 1. The van der Waals surface area contributed by atoms with Crippen molar-refractivity contribution in [3.8, 4) is 0 Å². The van der Waals surface area contributed by atoms with Crippen molar-refractivity contribution in [2.45, 2.75) is 19.3 Å². The summed E-state index contributed by atoms with van der Waals surface area (Å²) in [4.78, 5) is 0. The summed E-state index contributed by atoms with van der Waals surface area (Å²) < 4.78 is 27.6. The number of benzene rings is 1. The molecule has 0 spiro atoms. The van der Waals surface area contributed by atoms with Gasteiger partial charge in [0.05, 0.1) is 0 Å². The molecule has 3 heteroatoms. The number of allylic oxidation sites excluding steroid dienone is 4. The van der Waals surface area contributed by atoms with Crippen LogP contribution in [-0.2, 0) is 0 Å². The fourth-order valence-corrected chi connectivity index (χ4v) is 2.28. The zero-order chi connectivity index (χ0) is 11.7. The molecule has 16 heavy (non-hydrogen) atoms. The van der Waals surface area contributed by atoms with E-state index in [9.17, 15) is 8.78 Å². The Hall–Kier alpha value is -0.710. The molecule has 1 aliphatic carbocycles. The van der Waals surface area contributed by atoms with E-state index in [0.717, 1.165) is 12.5 Å². The Balaban J connectivity index is 2.31. The first-order valence-corrected chi connectivity index (χ1v) is 6.14. The van der Waals surface area contributed by atoms with Crippen LogP contribution in [0.2, 0.25) is 0 Å². The Labute approximate surface area is 107 Å². The van der Waals surface area contributed by atoms with E-state index in [4.69, 9.17) is 0 Å². The second-order valence-corrected chi connectivity index (χ2v) is 5.13. The van der Waals surface area contributed by atoms with Gasteiger partial charge in [-0.25, -0.2) is 8.78 Å². The predicted molar refractivity (Wildman–Crippen MR) is 69.6 cm³/mol. The summed E-state index contributed by atoms with van der Waals surface area (Å²) in [5.41, 5.74) is 1.82. The van der Waals surface area contributed by atoms with Gasteiger partial charge >= 0.3 is 0 Å². The van der Waals surface area contributed by atoms with Crippen LogP contribution in [0, 0.1) is 11.6 Å². The molecule has 1 atom stereocenters. The fourth-order valence-electron chi connectivity index (χ4n) is 1.85. The minimum atomic E-state index is -0.525. The van der Waals surface area contributed by atoms with Crippen LogP contribution in [0.15, 0.2) is 39.5 Å². The summed E-state index contributed by atoms with van der Waals surface area (Å²) in [6.45, 7) is 2.04. The van der Waals surface area contributed by atoms with Gasteiger partial charge in [-0.2, -0.15) is 0 Å². The molecule has 0 fully saturated rings. The molecular weight excluding hydrogens is 321 g/mol. The number of hydrogen-bond acceptors (Lipinski definition) is 0. The topological polar surface area (TPSA) is 0 Å². The molecule has 84 valence electrons. The quantitative estimate of drug-likeness (QED) is 0.653. The average Bonchev–Trinajstić information content (AvgIpc) is 2.22. The Morgan fingerprint density at radius 2 is 2.06 bits per heavy atom. The highest BCUT2D eigenvalue weighted by atomic mass is 127. The predicted octanol–water partition coefficient (Wildman–Crippen LogP) is 4.72. The Morgan fingerprint density at radius 1 is 1.31 bits per heavy atom. The van der Waals surface area contributed by atoms with E-state index in [1.807, 2.05) is 19.1 Å². The highest BCUT2D eigenvalue weighted by Crippen LogP contribution is 2.34. The van der Waals surface area contributed by atoms with Crippen LogP contribution in [0.1, 0.15) is 24.8 Å². The smallest absolute Gasteiger partial charge is 0.129 e. The number of halogens is 3. The second-order valence-electron chi connectivity index (χ2n) is 3.96. The van der Waals surface area contributed by atoms with E-state index in [1.165, 1.54) is 21.3 Å². The molecule has 0 N–H and O–H groups in total. The van der Waals surface area contributed by atoms with E-state index in [-0.39, 0.29) is 5.92 Å². The van der Waals surface area contributed by atoms with Crippen molar-refractivity contribution < 1.29 is 8.78 Å². The minimum Gasteiger partial charge on any atom is -0.207 e. The molecule has 0 saturated heterocycles. The molecule has 0 amide bonds. The third kappa shape index (κ3) is 2.34. The zero-order valence-corrected chi connectivity index (χ0v) is 11.0. The molecule has 0 nitrogen and oxygen atoms in total. The highest BCUT2D eigenvalue weighted by Gasteiger charge is 2.17. The van der Waals surface area contributed by atoms with Crippen LogP contribution >= 0.6 is 22.6 Å². The zero-order valence-electron chi connectivity index (χ0n) is 8.81. The summed E-state index contributed by atoms with van der Waals surface area (Å²) in [6, 6.07) is 3.79. The molecule has 0 heterocycles. The molecule has 1 aromatic rings. The first-order valence-electron chi connectivity index (χ1n) is 5.06. The lowest BCUT2D eigenvalue weighted by molar-refractivity contribution is 0.564. The first-order chi connectivity index (χ1) is 7.58. The van der Waals surface area contributed by atoms with Gasteiger partial charge in [-0.15, -0.1) is 0 Å². The van der Waals surface area contributed by atoms with Crippen molar-refractivity contribution in [2.75, 3.05) is 0 Å². The lowest BCUT2D eigenvalue weighted by Gasteiger charge is -2.19. The second kappa shape index (κ2) is 4.65. The molecule has 0 aliphatic heterocycles. The molecule has 1 unspecified atom stereocenters. The van der Waals surface area contributed by atoms with E-state index in [2.05, 4.69) is 22.6 Å². The molecule has 0 bridgehead atoms. The highest BCUT2D eigenvalue weighted by molar-refractivity contribution is 14.1. The van der Waals surface area contributed by atoms with Gasteiger partial charge in [0.1, 0.15) is 11.6 Å². The summed E-state index contributed by atoms with van der Waals surface area (Å²) in [6.07, 6.45) is 4.77. The van der Waals surface area contributed by atoms with Crippen LogP contribution < -0.4 is 0 Å². The third-order valence-electron chi connectivity index (χ3n) is 2.77. The summed E-state index contributed by atoms with van der Waals surface area (Å²) in [5, 5.41) is 0. The molecule has 1 aliphatic rings. The molecule has 0 radical (unpaired) electrons. The van der Waals surface area contributed by atoms with E-state index in [0.29, 0.717) is 5.56 Å². The third-order valence-corrected chi connectivity index (χ3v) is 4.05. The molecule has 1 aromatic carbocycles. The van der Waals surface area contributed by atoms with Gasteiger partial charge in [0.2, 0.25) is 0 Å². The standard InChI is InChI=1S/C13H11F2I/c1-8-6-9(2-5-13(8)16)11-4-3-10(14)7-12(11)15/h2-5,7,9H,6H2,1H3. The largest absolute Gasteiger partial charge is 0.207 e. The van der Waals surface area contributed by atoms with Crippen molar-refractivity contribution in [1.82, 2.24) is 0 Å². The average molecular weight is 332 g/mol. The summed E-state index contributed by atoms with van der Waals surface area (Å²) in [5.74, 6) is -0.957. The van der Waals surface area contributed by atoms with Crippen LogP contribution in [-0.4, -0.2) is 0 Å². The fraction of sp³-hybridized carbons (Fsp3) is 0.231. The van der Waals surface area contributed by atoms with Crippen molar-refractivity contribution >= 4 is 22.6 Å².